The Labute approximate surface area is 112 Å². The summed E-state index contributed by atoms with van der Waals surface area (Å²) in [6.07, 6.45) is 3.41. The molecule has 1 fully saturated rings. The predicted molar refractivity (Wildman–Crippen MR) is 74.5 cm³/mol. The molecule has 1 aliphatic heterocycles. The molecule has 0 amide bonds. The van der Waals surface area contributed by atoms with Crippen molar-refractivity contribution in [3.8, 4) is 0 Å². The van der Waals surface area contributed by atoms with Crippen LogP contribution in [0.4, 0.5) is 0 Å². The Morgan fingerprint density at radius 3 is 2.17 bits per heavy atom. The van der Waals surface area contributed by atoms with Crippen molar-refractivity contribution in [3.05, 3.63) is 0 Å². The van der Waals surface area contributed by atoms with E-state index in [0.29, 0.717) is 6.61 Å². The van der Waals surface area contributed by atoms with Gasteiger partial charge in [0.2, 0.25) is 0 Å². The van der Waals surface area contributed by atoms with Crippen LogP contribution in [0.1, 0.15) is 53.9 Å². The Kier molecular flexibility index (Phi) is 5.20. The van der Waals surface area contributed by atoms with Gasteiger partial charge in [0.1, 0.15) is 6.61 Å². The summed E-state index contributed by atoms with van der Waals surface area (Å²) in [5, 5.41) is 0. The van der Waals surface area contributed by atoms with Gasteiger partial charge in [0, 0.05) is 6.54 Å². The molecule has 0 bridgehead atoms. The van der Waals surface area contributed by atoms with E-state index in [1.807, 2.05) is 13.8 Å². The maximum Gasteiger partial charge on any atom is 0.311 e. The second kappa shape index (κ2) is 6.05. The lowest BCUT2D eigenvalue weighted by Gasteiger charge is -2.30. The van der Waals surface area contributed by atoms with E-state index in [-0.39, 0.29) is 16.8 Å². The van der Waals surface area contributed by atoms with Crippen molar-refractivity contribution >= 4 is 5.97 Å². The van der Waals surface area contributed by atoms with Gasteiger partial charge in [-0.15, -0.1) is 0 Å². The van der Waals surface area contributed by atoms with Gasteiger partial charge < -0.3 is 4.74 Å². The SMILES string of the molecule is CC(C)(C)CC(C)(C)C(=O)OCCN1CCCC1. The zero-order chi connectivity index (χ0) is 13.8. The van der Waals surface area contributed by atoms with Gasteiger partial charge in [0.25, 0.3) is 0 Å². The highest BCUT2D eigenvalue weighted by Crippen LogP contribution is 2.34. The first-order chi connectivity index (χ1) is 8.21. The van der Waals surface area contributed by atoms with E-state index in [1.54, 1.807) is 0 Å². The van der Waals surface area contributed by atoms with Crippen LogP contribution in [0.5, 0.6) is 0 Å². The van der Waals surface area contributed by atoms with Gasteiger partial charge >= 0.3 is 5.97 Å². The molecule has 106 valence electrons. The van der Waals surface area contributed by atoms with Crippen LogP contribution < -0.4 is 0 Å². The van der Waals surface area contributed by atoms with E-state index in [4.69, 9.17) is 4.74 Å². The molecule has 0 radical (unpaired) electrons. The molecule has 1 rings (SSSR count). The molecule has 1 saturated heterocycles. The number of hydrogen-bond acceptors (Lipinski definition) is 3. The smallest absolute Gasteiger partial charge is 0.311 e. The monoisotopic (exact) mass is 255 g/mol. The molecule has 0 unspecified atom stereocenters. The van der Waals surface area contributed by atoms with Crippen LogP contribution >= 0.6 is 0 Å². The minimum absolute atomic E-state index is 0.0587. The summed E-state index contributed by atoms with van der Waals surface area (Å²) in [6, 6.07) is 0. The summed E-state index contributed by atoms with van der Waals surface area (Å²) < 4.78 is 5.43. The van der Waals surface area contributed by atoms with Crippen LogP contribution in [0.2, 0.25) is 0 Å². The molecule has 3 nitrogen and oxygen atoms in total. The van der Waals surface area contributed by atoms with Gasteiger partial charge in [0.15, 0.2) is 0 Å². The van der Waals surface area contributed by atoms with Gasteiger partial charge in [0.05, 0.1) is 5.41 Å². The highest BCUT2D eigenvalue weighted by Gasteiger charge is 2.33. The Balaban J connectivity index is 2.30. The molecule has 18 heavy (non-hydrogen) atoms. The third kappa shape index (κ3) is 5.38. The van der Waals surface area contributed by atoms with Crippen LogP contribution in [0.3, 0.4) is 0 Å². The van der Waals surface area contributed by atoms with E-state index in [2.05, 4.69) is 25.7 Å². The Hall–Kier alpha value is -0.570. The maximum atomic E-state index is 12.1. The van der Waals surface area contributed by atoms with Crippen LogP contribution in [0, 0.1) is 10.8 Å². The fraction of sp³-hybridized carbons (Fsp3) is 0.933. The number of likely N-dealkylation sites (tertiary alicyclic amines) is 1. The minimum Gasteiger partial charge on any atom is -0.464 e. The van der Waals surface area contributed by atoms with E-state index >= 15 is 0 Å². The third-order valence-corrected chi connectivity index (χ3v) is 3.36. The van der Waals surface area contributed by atoms with Crippen molar-refractivity contribution in [1.29, 1.82) is 0 Å². The summed E-state index contributed by atoms with van der Waals surface area (Å²) in [6.45, 7) is 14.2. The molecule has 0 N–H and O–H groups in total. The lowest BCUT2D eigenvalue weighted by atomic mass is 9.76. The fourth-order valence-electron chi connectivity index (χ4n) is 2.87. The topological polar surface area (TPSA) is 29.5 Å². The molecule has 0 aromatic carbocycles. The number of esters is 1. The van der Waals surface area contributed by atoms with Gasteiger partial charge in [-0.25, -0.2) is 0 Å². The third-order valence-electron chi connectivity index (χ3n) is 3.36. The van der Waals surface area contributed by atoms with Crippen molar-refractivity contribution in [3.63, 3.8) is 0 Å². The lowest BCUT2D eigenvalue weighted by molar-refractivity contribution is -0.156. The molecule has 1 aliphatic rings. The molecule has 1 heterocycles. The molecule has 0 aliphatic carbocycles. The number of rotatable bonds is 5. The van der Waals surface area contributed by atoms with Crippen LogP contribution in [0.15, 0.2) is 0 Å². The normalized spacial score (nSPS) is 18.1. The highest BCUT2D eigenvalue weighted by atomic mass is 16.5. The summed E-state index contributed by atoms with van der Waals surface area (Å²) >= 11 is 0. The molecular weight excluding hydrogens is 226 g/mol. The first-order valence-electron chi connectivity index (χ1n) is 7.10. The summed E-state index contributed by atoms with van der Waals surface area (Å²) in [5.41, 5.74) is -0.235. The highest BCUT2D eigenvalue weighted by molar-refractivity contribution is 5.75. The van der Waals surface area contributed by atoms with Crippen LogP contribution in [-0.4, -0.2) is 37.1 Å². The van der Waals surface area contributed by atoms with Gasteiger partial charge in [-0.1, -0.05) is 20.8 Å². The molecule has 0 aromatic rings. The lowest BCUT2D eigenvalue weighted by Crippen LogP contribution is -2.33. The fourth-order valence-corrected chi connectivity index (χ4v) is 2.87. The van der Waals surface area contributed by atoms with Gasteiger partial charge in [-0.05, 0) is 51.6 Å². The minimum atomic E-state index is -0.386. The van der Waals surface area contributed by atoms with Crippen molar-refractivity contribution in [2.45, 2.75) is 53.9 Å². The number of hydrogen-bond donors (Lipinski definition) is 0. The van der Waals surface area contributed by atoms with E-state index in [0.717, 1.165) is 26.1 Å². The number of ether oxygens (including phenoxy) is 1. The maximum absolute atomic E-state index is 12.1. The summed E-state index contributed by atoms with van der Waals surface area (Å²) in [4.78, 5) is 14.4. The second-order valence-corrected chi connectivity index (χ2v) is 7.31. The average molecular weight is 255 g/mol. The molecule has 0 aromatic heterocycles. The Morgan fingerprint density at radius 1 is 1.11 bits per heavy atom. The van der Waals surface area contributed by atoms with Crippen molar-refractivity contribution in [1.82, 2.24) is 4.90 Å². The summed E-state index contributed by atoms with van der Waals surface area (Å²) in [7, 11) is 0. The average Bonchev–Trinajstić information content (AvgIpc) is 2.66. The van der Waals surface area contributed by atoms with E-state index in [1.165, 1.54) is 12.8 Å². The van der Waals surface area contributed by atoms with Crippen LogP contribution in [0.25, 0.3) is 0 Å². The molecule has 0 spiro atoms. The van der Waals surface area contributed by atoms with Gasteiger partial charge in [-0.3, -0.25) is 9.69 Å². The zero-order valence-electron chi connectivity index (χ0n) is 12.7. The van der Waals surface area contributed by atoms with Crippen molar-refractivity contribution < 1.29 is 9.53 Å². The standard InChI is InChI=1S/C15H29NO2/c1-14(2,3)12-15(4,5)13(17)18-11-10-16-8-6-7-9-16/h6-12H2,1-5H3. The van der Waals surface area contributed by atoms with Crippen molar-refractivity contribution in [2.24, 2.45) is 10.8 Å². The van der Waals surface area contributed by atoms with Gasteiger partial charge in [-0.2, -0.15) is 0 Å². The Bertz CT molecular complexity index is 273. The first kappa shape index (κ1) is 15.5. The van der Waals surface area contributed by atoms with Crippen LogP contribution in [-0.2, 0) is 9.53 Å². The molecule has 0 saturated carbocycles. The largest absolute Gasteiger partial charge is 0.464 e. The quantitative estimate of drug-likeness (QED) is 0.707. The van der Waals surface area contributed by atoms with E-state index < -0.39 is 0 Å². The number of carbonyl (C=O) groups is 1. The molecule has 3 heteroatoms. The number of carbonyl (C=O) groups excluding carboxylic acids is 1. The van der Waals surface area contributed by atoms with Crippen molar-refractivity contribution in [2.75, 3.05) is 26.2 Å². The second-order valence-electron chi connectivity index (χ2n) is 7.31. The summed E-state index contributed by atoms with van der Waals surface area (Å²) in [5.74, 6) is -0.0587. The Morgan fingerprint density at radius 2 is 1.67 bits per heavy atom. The molecule has 0 atom stereocenters. The van der Waals surface area contributed by atoms with E-state index in [9.17, 15) is 4.79 Å². The predicted octanol–water partition coefficient (Wildman–Crippen LogP) is 3.09. The number of nitrogens with zero attached hydrogens (tertiary/aromatic N) is 1. The first-order valence-corrected chi connectivity index (χ1v) is 7.10. The zero-order valence-corrected chi connectivity index (χ0v) is 12.7. The molecular formula is C15H29NO2.